The van der Waals surface area contributed by atoms with Crippen LogP contribution in [-0.4, -0.2) is 73.1 Å². The molecule has 2 atom stereocenters. The van der Waals surface area contributed by atoms with E-state index in [4.69, 9.17) is 11.5 Å². The van der Waals surface area contributed by atoms with E-state index in [0.29, 0.717) is 11.3 Å². The van der Waals surface area contributed by atoms with Crippen molar-refractivity contribution >= 4 is 39.6 Å². The van der Waals surface area contributed by atoms with Gasteiger partial charge in [0.2, 0.25) is 15.9 Å². The first-order valence-corrected chi connectivity index (χ1v) is 14.1. The fourth-order valence-corrected chi connectivity index (χ4v) is 5.57. The second-order valence-electron chi connectivity index (χ2n) is 9.74. The summed E-state index contributed by atoms with van der Waals surface area (Å²) in [7, 11) is -4.12. The first-order chi connectivity index (χ1) is 19.2. The highest BCUT2D eigenvalue weighted by Gasteiger charge is 2.33. The van der Waals surface area contributed by atoms with Gasteiger partial charge in [0.1, 0.15) is 0 Å². The summed E-state index contributed by atoms with van der Waals surface area (Å²) in [5, 5.41) is 20.5. The van der Waals surface area contributed by atoms with Crippen LogP contribution in [0.25, 0.3) is 0 Å². The molecule has 14 nitrogen and oxygen atoms in total. The van der Waals surface area contributed by atoms with Crippen molar-refractivity contribution in [1.82, 2.24) is 20.3 Å². The van der Waals surface area contributed by atoms with Gasteiger partial charge in [-0.2, -0.15) is 4.31 Å². The second kappa shape index (κ2) is 15.0. The molecule has 0 fully saturated rings. The number of carbonyl (C=O) groups is 4. The number of benzene rings is 2. The van der Waals surface area contributed by atoms with Gasteiger partial charge in [0.05, 0.1) is 17.0 Å². The molecule has 0 aromatic heterocycles. The molecule has 0 bridgehead atoms. The number of nitrogens with zero attached hydrogens (tertiary/aromatic N) is 1. The minimum Gasteiger partial charge on any atom is -0.390 e. The van der Waals surface area contributed by atoms with Gasteiger partial charge in [0.15, 0.2) is 6.17 Å². The van der Waals surface area contributed by atoms with Crippen LogP contribution in [0.15, 0.2) is 59.5 Å². The Hall–Kier alpha value is -4.21. The largest absolute Gasteiger partial charge is 0.390 e. The van der Waals surface area contributed by atoms with Gasteiger partial charge in [-0.3, -0.25) is 9.59 Å². The molecule has 9 N–H and O–H groups in total. The van der Waals surface area contributed by atoms with Crippen LogP contribution < -0.4 is 32.7 Å². The Bertz CT molecular complexity index is 1290. The maximum Gasteiger partial charge on any atom is 0.314 e. The zero-order valence-electron chi connectivity index (χ0n) is 23.0. The average Bonchev–Trinajstić information content (AvgIpc) is 2.87. The summed E-state index contributed by atoms with van der Waals surface area (Å²) in [6, 6.07) is 11.1. The molecule has 0 unspecified atom stereocenters. The lowest BCUT2D eigenvalue weighted by Gasteiger charge is -2.31. The lowest BCUT2D eigenvalue weighted by molar-refractivity contribution is -0.125. The highest BCUT2D eigenvalue weighted by Crippen LogP contribution is 2.21. The average molecular weight is 592 g/mol. The first kappa shape index (κ1) is 33.0. The predicted molar refractivity (Wildman–Crippen MR) is 152 cm³/mol. The number of hydrogen-bond acceptors (Lipinski definition) is 7. The van der Waals surface area contributed by atoms with Crippen LogP contribution in [0.3, 0.4) is 0 Å². The summed E-state index contributed by atoms with van der Waals surface area (Å²) in [6.45, 7) is 4.61. The van der Waals surface area contributed by atoms with Crippen LogP contribution >= 0.6 is 0 Å². The Morgan fingerprint density at radius 2 is 1.44 bits per heavy atom. The second-order valence-corrected chi connectivity index (χ2v) is 11.7. The van der Waals surface area contributed by atoms with Crippen LogP contribution in [0.2, 0.25) is 0 Å². The number of aliphatic hydroxyl groups excluding tert-OH is 1. The van der Waals surface area contributed by atoms with Gasteiger partial charge >= 0.3 is 12.1 Å². The highest BCUT2D eigenvalue weighted by molar-refractivity contribution is 7.89. The monoisotopic (exact) mass is 591 g/mol. The van der Waals surface area contributed by atoms with E-state index in [1.807, 2.05) is 24.5 Å². The van der Waals surface area contributed by atoms with Crippen molar-refractivity contribution < 1.29 is 32.7 Å². The zero-order chi connectivity index (χ0) is 30.7. The molecule has 0 heterocycles. The van der Waals surface area contributed by atoms with E-state index in [-0.39, 0.29) is 29.7 Å². The molecule has 224 valence electrons. The van der Waals surface area contributed by atoms with Gasteiger partial charge in [-0.25, -0.2) is 18.0 Å². The van der Waals surface area contributed by atoms with Crippen LogP contribution in [0.5, 0.6) is 0 Å². The third-order valence-corrected chi connectivity index (χ3v) is 7.54. The molecule has 2 rings (SSSR count). The van der Waals surface area contributed by atoms with Crippen LogP contribution in [0.4, 0.5) is 15.3 Å². The van der Waals surface area contributed by atoms with Crippen molar-refractivity contribution in [3.8, 4) is 0 Å². The van der Waals surface area contributed by atoms with Crippen molar-refractivity contribution in [1.29, 1.82) is 0 Å². The van der Waals surface area contributed by atoms with E-state index in [9.17, 15) is 32.7 Å². The van der Waals surface area contributed by atoms with Crippen molar-refractivity contribution in [3.05, 3.63) is 60.2 Å². The third kappa shape index (κ3) is 10.7. The number of nitrogens with two attached hydrogens (primary N) is 2. The maximum atomic E-state index is 13.6. The number of primary amides is 2. The number of sulfonamides is 1. The van der Waals surface area contributed by atoms with Crippen LogP contribution in [-0.2, 0) is 26.0 Å². The number of carbonyl (C=O) groups excluding carboxylic acids is 4. The molecule has 0 saturated carbocycles. The van der Waals surface area contributed by atoms with Crippen LogP contribution in [0, 0.1) is 5.92 Å². The van der Waals surface area contributed by atoms with Gasteiger partial charge in [0, 0.05) is 25.7 Å². The van der Waals surface area contributed by atoms with Crippen molar-refractivity contribution in [2.24, 2.45) is 17.4 Å². The summed E-state index contributed by atoms with van der Waals surface area (Å²) in [5.74, 6) is -1.37. The van der Waals surface area contributed by atoms with E-state index in [2.05, 4.69) is 10.6 Å². The standard InChI is InChI=1S/C26H37N7O7S/c1-16(2)14-33(41(39,40)20-11-9-19(10-12-20)29-17(3)34)15-22(35)21(13-18-7-5-4-6-8-18)30-24(36)23(31-25(27)37)32-26(28)38/h4-12,16,21-23,35H,13-15H2,1-3H3,(H,29,34)(H,30,36)(H3,27,31,37)(H3,28,32,38)/t21-,22+/m0/s1. The molecule has 0 radical (unpaired) electrons. The number of urea groups is 2. The van der Waals surface area contributed by atoms with E-state index in [0.717, 1.165) is 4.31 Å². The SMILES string of the molecule is CC(=O)Nc1ccc(S(=O)(=O)N(CC(C)C)C[C@@H](O)[C@H](Cc2ccccc2)NC(=O)C(NC(N)=O)NC(N)=O)cc1. The molecular formula is C26H37N7O7S. The van der Waals surface area contributed by atoms with Crippen molar-refractivity contribution in [2.45, 2.75) is 50.4 Å². The van der Waals surface area contributed by atoms with E-state index >= 15 is 0 Å². The lowest BCUT2D eigenvalue weighted by atomic mass is 10.0. The first-order valence-electron chi connectivity index (χ1n) is 12.7. The molecule has 2 aromatic rings. The molecule has 0 aliphatic heterocycles. The number of aliphatic hydroxyl groups is 1. The number of amides is 6. The zero-order valence-corrected chi connectivity index (χ0v) is 23.9. The Labute approximate surface area is 238 Å². The van der Waals surface area contributed by atoms with Crippen molar-refractivity contribution in [3.63, 3.8) is 0 Å². The Balaban J connectivity index is 2.37. The summed E-state index contributed by atoms with van der Waals surface area (Å²) < 4.78 is 28.3. The Morgan fingerprint density at radius 3 is 1.93 bits per heavy atom. The summed E-state index contributed by atoms with van der Waals surface area (Å²) in [6.07, 6.45) is -3.00. The van der Waals surface area contributed by atoms with Crippen molar-refractivity contribution in [2.75, 3.05) is 18.4 Å². The summed E-state index contributed by atoms with van der Waals surface area (Å²) >= 11 is 0. The van der Waals surface area contributed by atoms with E-state index in [1.165, 1.54) is 31.2 Å². The highest BCUT2D eigenvalue weighted by atomic mass is 32.2. The summed E-state index contributed by atoms with van der Waals surface area (Å²) in [5.41, 5.74) is 11.3. The number of nitrogens with one attached hydrogen (secondary N) is 4. The van der Waals surface area contributed by atoms with Gasteiger partial charge in [-0.05, 0) is 42.2 Å². The fraction of sp³-hybridized carbons (Fsp3) is 0.385. The molecule has 2 aromatic carbocycles. The fourth-order valence-electron chi connectivity index (χ4n) is 3.95. The predicted octanol–water partition coefficient (Wildman–Crippen LogP) is 0.0428. The Morgan fingerprint density at radius 1 is 0.878 bits per heavy atom. The molecular weight excluding hydrogens is 554 g/mol. The maximum absolute atomic E-state index is 13.6. The number of hydrogen-bond donors (Lipinski definition) is 7. The molecule has 0 spiro atoms. The third-order valence-electron chi connectivity index (χ3n) is 5.70. The molecule has 0 aliphatic carbocycles. The molecule has 15 heteroatoms. The minimum absolute atomic E-state index is 0.0495. The minimum atomic E-state index is -4.12. The number of rotatable bonds is 14. The molecule has 6 amide bonds. The van der Waals surface area contributed by atoms with Gasteiger partial charge < -0.3 is 37.8 Å². The van der Waals surface area contributed by atoms with Crippen LogP contribution in [0.1, 0.15) is 26.3 Å². The smallest absolute Gasteiger partial charge is 0.314 e. The quantitative estimate of drug-likeness (QED) is 0.149. The normalized spacial score (nSPS) is 13.0. The van der Waals surface area contributed by atoms with E-state index < -0.39 is 52.8 Å². The molecule has 0 saturated heterocycles. The van der Waals surface area contributed by atoms with Gasteiger partial charge in [-0.1, -0.05) is 44.2 Å². The molecule has 41 heavy (non-hydrogen) atoms. The number of anilines is 1. The van der Waals surface area contributed by atoms with Gasteiger partial charge in [-0.15, -0.1) is 0 Å². The van der Waals surface area contributed by atoms with Gasteiger partial charge in [0.25, 0.3) is 5.91 Å². The lowest BCUT2D eigenvalue weighted by Crippen LogP contribution is -2.62. The van der Waals surface area contributed by atoms with E-state index in [1.54, 1.807) is 30.3 Å². The molecule has 0 aliphatic rings. The topological polar surface area (TPSA) is 226 Å². The summed E-state index contributed by atoms with van der Waals surface area (Å²) in [4.78, 5) is 47.0. The Kier molecular flexibility index (Phi) is 12.0.